The predicted molar refractivity (Wildman–Crippen MR) is 30.6 cm³/mol. The number of fused-ring (bicyclic) bond motifs is 2. The summed E-state index contributed by atoms with van der Waals surface area (Å²) in [5.74, 6) is 0. The van der Waals surface area contributed by atoms with Crippen LogP contribution in [0.5, 0.6) is 0 Å². The van der Waals surface area contributed by atoms with E-state index in [0.29, 0.717) is 0 Å². The molecular weight excluding hydrogens is 102 g/mol. The average molecular weight is 113 g/mol. The summed E-state index contributed by atoms with van der Waals surface area (Å²) in [6.07, 6.45) is 2.01. The minimum absolute atomic E-state index is 0.264. The molecule has 2 bridgehead atoms. The topological polar surface area (TPSA) is 23.5 Å². The molecule has 2 rings (SSSR count). The highest BCUT2D eigenvalue weighted by molar-refractivity contribution is 4.96. The Morgan fingerprint density at radius 2 is 1.88 bits per heavy atom. The van der Waals surface area contributed by atoms with E-state index < -0.39 is 0 Å². The standard InChI is InChI=1S/C6H11NO/c8-6-1-3-7(5-6)4-2-6/h8H,1-5H2. The summed E-state index contributed by atoms with van der Waals surface area (Å²) in [5, 5.41) is 9.50. The molecule has 2 aliphatic heterocycles. The molecule has 2 saturated heterocycles. The summed E-state index contributed by atoms with van der Waals surface area (Å²) < 4.78 is 0. The van der Waals surface area contributed by atoms with Gasteiger partial charge in [0.1, 0.15) is 0 Å². The lowest BCUT2D eigenvalue weighted by Gasteiger charge is -2.16. The van der Waals surface area contributed by atoms with Crippen LogP contribution >= 0.6 is 0 Å². The summed E-state index contributed by atoms with van der Waals surface area (Å²) in [6.45, 7) is 3.18. The Kier molecular flexibility index (Phi) is 0.746. The first-order chi connectivity index (χ1) is 3.79. The Balaban J connectivity index is 2.19. The molecule has 2 heteroatoms. The molecule has 2 heterocycles. The van der Waals surface area contributed by atoms with E-state index in [0.717, 1.165) is 32.5 Å². The summed E-state index contributed by atoms with van der Waals surface area (Å²) in [4.78, 5) is 2.32. The fraction of sp³-hybridized carbons (Fsp3) is 1.00. The summed E-state index contributed by atoms with van der Waals surface area (Å²) in [5.41, 5.74) is -0.264. The molecule has 46 valence electrons. The van der Waals surface area contributed by atoms with Gasteiger partial charge in [0.25, 0.3) is 0 Å². The van der Waals surface area contributed by atoms with Gasteiger partial charge in [-0.2, -0.15) is 0 Å². The van der Waals surface area contributed by atoms with Crippen LogP contribution in [0.2, 0.25) is 0 Å². The summed E-state index contributed by atoms with van der Waals surface area (Å²) in [6, 6.07) is 0. The fourth-order valence-electron chi connectivity index (χ4n) is 1.70. The van der Waals surface area contributed by atoms with E-state index in [1.165, 1.54) is 0 Å². The van der Waals surface area contributed by atoms with Gasteiger partial charge in [0, 0.05) is 19.6 Å². The van der Waals surface area contributed by atoms with E-state index in [1.807, 2.05) is 0 Å². The van der Waals surface area contributed by atoms with Crippen LogP contribution in [0.1, 0.15) is 12.8 Å². The van der Waals surface area contributed by atoms with Crippen molar-refractivity contribution in [1.29, 1.82) is 0 Å². The Morgan fingerprint density at radius 3 is 2.00 bits per heavy atom. The van der Waals surface area contributed by atoms with Gasteiger partial charge in [-0.3, -0.25) is 0 Å². The second-order valence-electron chi connectivity index (χ2n) is 3.00. The maximum Gasteiger partial charge on any atom is 0.0798 e. The van der Waals surface area contributed by atoms with Gasteiger partial charge in [-0.1, -0.05) is 0 Å². The Morgan fingerprint density at radius 1 is 1.25 bits per heavy atom. The number of piperidine rings is 1. The smallest absolute Gasteiger partial charge is 0.0798 e. The van der Waals surface area contributed by atoms with Crippen LogP contribution in [0.15, 0.2) is 0 Å². The van der Waals surface area contributed by atoms with Gasteiger partial charge in [-0.05, 0) is 12.8 Å². The van der Waals surface area contributed by atoms with Crippen LogP contribution in [0.3, 0.4) is 0 Å². The van der Waals surface area contributed by atoms with Crippen molar-refractivity contribution >= 4 is 0 Å². The van der Waals surface area contributed by atoms with Gasteiger partial charge in [-0.15, -0.1) is 0 Å². The van der Waals surface area contributed by atoms with Crippen LogP contribution in [0.4, 0.5) is 0 Å². The van der Waals surface area contributed by atoms with E-state index in [4.69, 9.17) is 0 Å². The molecule has 2 fully saturated rings. The normalized spacial score (nSPS) is 52.9. The van der Waals surface area contributed by atoms with Crippen LogP contribution in [-0.2, 0) is 0 Å². The SMILES string of the molecule is OC12CCN(CC1)C2. The maximum atomic E-state index is 9.50. The Labute approximate surface area is 49.1 Å². The molecule has 0 aliphatic carbocycles. The van der Waals surface area contributed by atoms with Crippen molar-refractivity contribution in [3.05, 3.63) is 0 Å². The van der Waals surface area contributed by atoms with Crippen LogP contribution in [0, 0.1) is 0 Å². The van der Waals surface area contributed by atoms with Crippen molar-refractivity contribution in [2.45, 2.75) is 18.4 Å². The lowest BCUT2D eigenvalue weighted by atomic mass is 10.0. The molecule has 0 aromatic carbocycles. The maximum absolute atomic E-state index is 9.50. The third-order valence-corrected chi connectivity index (χ3v) is 2.30. The zero-order valence-electron chi connectivity index (χ0n) is 4.93. The Bertz CT molecular complexity index is 105. The lowest BCUT2D eigenvalue weighted by molar-refractivity contribution is 0.0684. The highest BCUT2D eigenvalue weighted by Crippen LogP contribution is 2.31. The molecule has 0 spiro atoms. The first kappa shape index (κ1) is 4.77. The number of hydrogen-bond donors (Lipinski definition) is 1. The summed E-state index contributed by atoms with van der Waals surface area (Å²) in [7, 11) is 0. The quantitative estimate of drug-likeness (QED) is 0.471. The van der Waals surface area contributed by atoms with Gasteiger partial charge in [0.15, 0.2) is 0 Å². The minimum Gasteiger partial charge on any atom is -0.388 e. The zero-order valence-corrected chi connectivity index (χ0v) is 4.93. The van der Waals surface area contributed by atoms with Crippen molar-refractivity contribution in [3.8, 4) is 0 Å². The molecule has 0 atom stereocenters. The fourth-order valence-corrected chi connectivity index (χ4v) is 1.70. The molecular formula is C6H11NO. The molecule has 0 radical (unpaired) electrons. The van der Waals surface area contributed by atoms with E-state index in [-0.39, 0.29) is 5.60 Å². The molecule has 0 aromatic heterocycles. The predicted octanol–water partition coefficient (Wildman–Crippen LogP) is -0.173. The highest BCUT2D eigenvalue weighted by Gasteiger charge is 2.41. The molecule has 0 amide bonds. The lowest BCUT2D eigenvalue weighted by Crippen LogP contribution is -2.25. The first-order valence-electron chi connectivity index (χ1n) is 3.23. The molecule has 8 heavy (non-hydrogen) atoms. The van der Waals surface area contributed by atoms with Gasteiger partial charge in [0.2, 0.25) is 0 Å². The van der Waals surface area contributed by atoms with Gasteiger partial charge >= 0.3 is 0 Å². The van der Waals surface area contributed by atoms with Gasteiger partial charge < -0.3 is 10.0 Å². The van der Waals surface area contributed by atoms with Crippen LogP contribution < -0.4 is 0 Å². The van der Waals surface area contributed by atoms with Crippen LogP contribution in [0.25, 0.3) is 0 Å². The zero-order chi connectivity index (χ0) is 5.61. The van der Waals surface area contributed by atoms with E-state index >= 15 is 0 Å². The first-order valence-corrected chi connectivity index (χ1v) is 3.23. The third kappa shape index (κ3) is 0.501. The second kappa shape index (κ2) is 1.25. The number of rotatable bonds is 0. The van der Waals surface area contributed by atoms with Gasteiger partial charge in [0.05, 0.1) is 5.60 Å². The molecule has 2 aliphatic rings. The summed E-state index contributed by atoms with van der Waals surface area (Å²) >= 11 is 0. The highest BCUT2D eigenvalue weighted by atomic mass is 16.3. The number of nitrogens with zero attached hydrogens (tertiary/aromatic N) is 1. The number of aliphatic hydroxyl groups is 1. The molecule has 1 N–H and O–H groups in total. The van der Waals surface area contributed by atoms with Crippen molar-refractivity contribution in [2.24, 2.45) is 0 Å². The molecule has 2 nitrogen and oxygen atoms in total. The molecule has 0 unspecified atom stereocenters. The Hall–Kier alpha value is -0.0800. The largest absolute Gasteiger partial charge is 0.388 e. The van der Waals surface area contributed by atoms with E-state index in [1.54, 1.807) is 0 Å². The minimum atomic E-state index is -0.264. The van der Waals surface area contributed by atoms with Crippen molar-refractivity contribution in [3.63, 3.8) is 0 Å². The van der Waals surface area contributed by atoms with E-state index in [9.17, 15) is 5.11 Å². The van der Waals surface area contributed by atoms with Crippen LogP contribution in [-0.4, -0.2) is 35.2 Å². The van der Waals surface area contributed by atoms with Crippen molar-refractivity contribution < 1.29 is 5.11 Å². The molecule has 0 saturated carbocycles. The molecule has 0 aromatic rings. The van der Waals surface area contributed by atoms with Crippen molar-refractivity contribution in [1.82, 2.24) is 4.90 Å². The van der Waals surface area contributed by atoms with Crippen molar-refractivity contribution in [2.75, 3.05) is 19.6 Å². The van der Waals surface area contributed by atoms with E-state index in [2.05, 4.69) is 4.90 Å². The second-order valence-corrected chi connectivity index (χ2v) is 3.00. The third-order valence-electron chi connectivity index (χ3n) is 2.30. The number of hydrogen-bond acceptors (Lipinski definition) is 2. The van der Waals surface area contributed by atoms with Gasteiger partial charge in [-0.25, -0.2) is 0 Å². The average Bonchev–Trinajstić information content (AvgIpc) is 2.21. The monoisotopic (exact) mass is 113 g/mol.